The molecule has 2 atom stereocenters. The number of rotatable bonds is 4. The fourth-order valence-electron chi connectivity index (χ4n) is 3.25. The summed E-state index contributed by atoms with van der Waals surface area (Å²) in [4.78, 5) is 20.0. The highest BCUT2D eigenvalue weighted by Gasteiger charge is 2.40. The first kappa shape index (κ1) is 17.1. The number of aromatic nitrogens is 2. The quantitative estimate of drug-likeness (QED) is 0.874. The molecule has 1 aromatic heterocycles. The van der Waals surface area contributed by atoms with E-state index in [1.807, 2.05) is 0 Å². The first-order valence-electron chi connectivity index (χ1n) is 8.22. The van der Waals surface area contributed by atoms with Crippen molar-refractivity contribution in [3.8, 4) is 0 Å². The molecule has 8 heteroatoms. The summed E-state index contributed by atoms with van der Waals surface area (Å²) >= 11 is 0. The van der Waals surface area contributed by atoms with Crippen molar-refractivity contribution in [1.82, 2.24) is 15.3 Å². The second-order valence-corrected chi connectivity index (χ2v) is 6.73. The van der Waals surface area contributed by atoms with Gasteiger partial charge in [0.05, 0.1) is 0 Å². The van der Waals surface area contributed by atoms with Crippen LogP contribution in [0.5, 0.6) is 0 Å². The van der Waals surface area contributed by atoms with Crippen molar-refractivity contribution in [1.29, 1.82) is 0 Å². The second-order valence-electron chi connectivity index (χ2n) is 6.73. The average molecular weight is 342 g/mol. The maximum atomic E-state index is 13.2. The fourth-order valence-corrected chi connectivity index (χ4v) is 3.25. The summed E-state index contributed by atoms with van der Waals surface area (Å²) in [6, 6.07) is -0.0680. The van der Waals surface area contributed by atoms with E-state index >= 15 is 0 Å². The molecule has 1 aromatic rings. The van der Waals surface area contributed by atoms with Gasteiger partial charge in [-0.15, -0.1) is 0 Å². The number of amides is 1. The maximum absolute atomic E-state index is 13.2. The van der Waals surface area contributed by atoms with Gasteiger partial charge in [0, 0.05) is 29.8 Å². The first-order valence-corrected chi connectivity index (χ1v) is 8.22. The SMILES string of the molecule is Cc1nc2c(c(C(F)(F)F)n1)CC(C(=O)NCC(N)C1CC1)CC2. The van der Waals surface area contributed by atoms with Crippen molar-refractivity contribution in [2.75, 3.05) is 6.54 Å². The third kappa shape index (κ3) is 3.68. The molecule has 0 saturated heterocycles. The zero-order valence-corrected chi connectivity index (χ0v) is 13.5. The molecule has 0 aromatic carbocycles. The average Bonchev–Trinajstić information content (AvgIpc) is 3.35. The monoisotopic (exact) mass is 342 g/mol. The zero-order chi connectivity index (χ0) is 17.5. The third-order valence-corrected chi connectivity index (χ3v) is 4.76. The highest BCUT2D eigenvalue weighted by atomic mass is 19.4. The lowest BCUT2D eigenvalue weighted by atomic mass is 9.85. The number of nitrogens with one attached hydrogen (secondary N) is 1. The maximum Gasteiger partial charge on any atom is 0.433 e. The number of nitrogens with two attached hydrogens (primary N) is 1. The van der Waals surface area contributed by atoms with Crippen LogP contribution in [0.3, 0.4) is 0 Å². The molecule has 1 heterocycles. The van der Waals surface area contributed by atoms with Crippen molar-refractivity contribution in [3.63, 3.8) is 0 Å². The van der Waals surface area contributed by atoms with Crippen molar-refractivity contribution in [3.05, 3.63) is 22.8 Å². The summed E-state index contributed by atoms with van der Waals surface area (Å²) in [6.45, 7) is 1.83. The van der Waals surface area contributed by atoms with E-state index in [-0.39, 0.29) is 29.8 Å². The van der Waals surface area contributed by atoms with E-state index in [0.29, 0.717) is 31.0 Å². The highest BCUT2D eigenvalue weighted by Crippen LogP contribution is 2.36. The number of fused-ring (bicyclic) bond motifs is 1. The molecule has 132 valence electrons. The van der Waals surface area contributed by atoms with Crippen molar-refractivity contribution < 1.29 is 18.0 Å². The van der Waals surface area contributed by atoms with Gasteiger partial charge < -0.3 is 11.1 Å². The lowest BCUT2D eigenvalue weighted by molar-refractivity contribution is -0.142. The molecule has 0 radical (unpaired) electrons. The zero-order valence-electron chi connectivity index (χ0n) is 13.5. The van der Waals surface area contributed by atoms with Gasteiger partial charge in [-0.25, -0.2) is 9.97 Å². The molecule has 2 aliphatic carbocycles. The van der Waals surface area contributed by atoms with Gasteiger partial charge in [-0.05, 0) is 44.9 Å². The van der Waals surface area contributed by atoms with Gasteiger partial charge in [-0.1, -0.05) is 0 Å². The van der Waals surface area contributed by atoms with E-state index in [4.69, 9.17) is 5.73 Å². The lowest BCUT2D eigenvalue weighted by Crippen LogP contribution is -2.42. The molecule has 2 unspecified atom stereocenters. The van der Waals surface area contributed by atoms with Crippen LogP contribution in [0.1, 0.15) is 42.0 Å². The van der Waals surface area contributed by atoms with Crippen LogP contribution in [-0.2, 0) is 23.8 Å². The molecule has 1 saturated carbocycles. The predicted octanol–water partition coefficient (Wildman–Crippen LogP) is 1.76. The number of nitrogens with zero attached hydrogens (tertiary/aromatic N) is 2. The second kappa shape index (κ2) is 6.31. The molecule has 0 bridgehead atoms. The number of hydrogen-bond donors (Lipinski definition) is 2. The van der Waals surface area contributed by atoms with Gasteiger partial charge in [0.15, 0.2) is 5.69 Å². The van der Waals surface area contributed by atoms with Gasteiger partial charge in [-0.3, -0.25) is 4.79 Å². The number of halogens is 3. The number of carbonyl (C=O) groups is 1. The standard InChI is InChI=1S/C16H21F3N4O/c1-8-22-13-5-4-10(6-11(13)14(23-8)16(17,18)19)15(24)21-7-12(20)9-2-3-9/h9-10,12H,2-7,20H2,1H3,(H,21,24). The van der Waals surface area contributed by atoms with Crippen LogP contribution in [0.15, 0.2) is 0 Å². The van der Waals surface area contributed by atoms with Crippen molar-refractivity contribution in [2.45, 2.75) is 51.2 Å². The van der Waals surface area contributed by atoms with Crippen LogP contribution in [0.2, 0.25) is 0 Å². The minimum absolute atomic E-state index is 0.0228. The van der Waals surface area contributed by atoms with Gasteiger partial charge in [-0.2, -0.15) is 13.2 Å². The molecular formula is C16H21F3N4O. The Morgan fingerprint density at radius 2 is 2.04 bits per heavy atom. The molecule has 0 spiro atoms. The van der Waals surface area contributed by atoms with E-state index < -0.39 is 17.8 Å². The minimum atomic E-state index is -4.54. The van der Waals surface area contributed by atoms with Crippen LogP contribution >= 0.6 is 0 Å². The van der Waals surface area contributed by atoms with E-state index in [1.54, 1.807) is 0 Å². The van der Waals surface area contributed by atoms with Crippen molar-refractivity contribution >= 4 is 5.91 Å². The Bertz CT molecular complexity index is 643. The van der Waals surface area contributed by atoms with Crippen LogP contribution < -0.4 is 11.1 Å². The fraction of sp³-hybridized carbons (Fsp3) is 0.688. The van der Waals surface area contributed by atoms with E-state index in [1.165, 1.54) is 6.92 Å². The van der Waals surface area contributed by atoms with Gasteiger partial charge in [0.2, 0.25) is 5.91 Å². The summed E-state index contributed by atoms with van der Waals surface area (Å²) in [5, 5.41) is 2.79. The molecule has 0 aliphatic heterocycles. The van der Waals surface area contributed by atoms with Gasteiger partial charge in [0.25, 0.3) is 0 Å². The number of hydrogen-bond acceptors (Lipinski definition) is 4. The predicted molar refractivity (Wildman–Crippen MR) is 81.0 cm³/mol. The summed E-state index contributed by atoms with van der Waals surface area (Å²) < 4.78 is 39.7. The van der Waals surface area contributed by atoms with Gasteiger partial charge >= 0.3 is 6.18 Å². The Kier molecular flexibility index (Phi) is 4.50. The summed E-state index contributed by atoms with van der Waals surface area (Å²) in [6.07, 6.45) is -1.50. The van der Waals surface area contributed by atoms with Gasteiger partial charge in [0.1, 0.15) is 5.82 Å². The molecule has 24 heavy (non-hydrogen) atoms. The molecule has 2 aliphatic rings. The number of carbonyl (C=O) groups excluding carboxylic acids is 1. The normalized spacial score (nSPS) is 22.0. The van der Waals surface area contributed by atoms with E-state index in [9.17, 15) is 18.0 Å². The van der Waals surface area contributed by atoms with Crippen LogP contribution in [0, 0.1) is 18.8 Å². The molecule has 1 fully saturated rings. The molecule has 3 rings (SSSR count). The summed E-state index contributed by atoms with van der Waals surface area (Å²) in [5.74, 6) is -0.147. The van der Waals surface area contributed by atoms with Crippen LogP contribution in [-0.4, -0.2) is 28.5 Å². The summed E-state index contributed by atoms with van der Waals surface area (Å²) in [5.41, 5.74) is 5.51. The molecular weight excluding hydrogens is 321 g/mol. The Morgan fingerprint density at radius 1 is 1.33 bits per heavy atom. The first-order chi connectivity index (χ1) is 11.3. The smallest absolute Gasteiger partial charge is 0.354 e. The Labute approximate surface area is 138 Å². The Morgan fingerprint density at radius 3 is 2.67 bits per heavy atom. The van der Waals surface area contributed by atoms with E-state index in [0.717, 1.165) is 12.8 Å². The van der Waals surface area contributed by atoms with Crippen LogP contribution in [0.25, 0.3) is 0 Å². The Balaban J connectivity index is 1.72. The molecule has 5 nitrogen and oxygen atoms in total. The highest BCUT2D eigenvalue weighted by molar-refractivity contribution is 5.79. The van der Waals surface area contributed by atoms with Crippen molar-refractivity contribution in [2.24, 2.45) is 17.6 Å². The van der Waals surface area contributed by atoms with E-state index in [2.05, 4.69) is 15.3 Å². The molecule has 1 amide bonds. The molecule has 3 N–H and O–H groups in total. The summed E-state index contributed by atoms with van der Waals surface area (Å²) in [7, 11) is 0. The van der Waals surface area contributed by atoms with Crippen LogP contribution in [0.4, 0.5) is 13.2 Å². The minimum Gasteiger partial charge on any atom is -0.354 e. The number of aryl methyl sites for hydroxylation is 2. The third-order valence-electron chi connectivity index (χ3n) is 4.76. The largest absolute Gasteiger partial charge is 0.433 e. The topological polar surface area (TPSA) is 80.9 Å². The lowest BCUT2D eigenvalue weighted by Gasteiger charge is -2.26. The number of alkyl halides is 3. The Hall–Kier alpha value is -1.70.